The molecule has 0 amide bonds. The van der Waals surface area contributed by atoms with Crippen LogP contribution in [0.25, 0.3) is 0 Å². The molecule has 3 rings (SSSR count). The first-order valence-electron chi connectivity index (χ1n) is 7.83. The second-order valence-electron chi connectivity index (χ2n) is 5.80. The summed E-state index contributed by atoms with van der Waals surface area (Å²) in [5, 5.41) is 6.88. The van der Waals surface area contributed by atoms with Crippen molar-refractivity contribution in [2.45, 2.75) is 54.7 Å². The monoisotopic (exact) mass is 317 g/mol. The Hall–Kier alpha value is -0.770. The summed E-state index contributed by atoms with van der Waals surface area (Å²) < 4.78 is 1.51. The van der Waals surface area contributed by atoms with Crippen molar-refractivity contribution < 1.29 is 0 Å². The molecule has 21 heavy (non-hydrogen) atoms. The van der Waals surface area contributed by atoms with Crippen LogP contribution in [0.3, 0.4) is 0 Å². The minimum Gasteiger partial charge on any atom is -0.303 e. The average molecular weight is 318 g/mol. The zero-order valence-electron chi connectivity index (χ0n) is 12.7. The van der Waals surface area contributed by atoms with E-state index in [1.165, 1.54) is 34.6 Å². The van der Waals surface area contributed by atoms with E-state index in [4.69, 9.17) is 0 Å². The highest BCUT2D eigenvalue weighted by Crippen LogP contribution is 2.44. The minimum atomic E-state index is 0.462. The molecule has 1 aromatic heterocycles. The first kappa shape index (κ1) is 15.1. The predicted octanol–water partition coefficient (Wildman–Crippen LogP) is 5.80. The van der Waals surface area contributed by atoms with Crippen molar-refractivity contribution in [2.75, 3.05) is 0 Å². The fourth-order valence-electron chi connectivity index (χ4n) is 3.07. The van der Waals surface area contributed by atoms with Crippen molar-refractivity contribution in [3.05, 3.63) is 52.9 Å². The number of rotatable bonds is 5. The molecule has 0 spiro atoms. The van der Waals surface area contributed by atoms with Crippen molar-refractivity contribution in [2.24, 2.45) is 0 Å². The number of nitrogens with one attached hydrogen (secondary N) is 1. The van der Waals surface area contributed by atoms with Crippen LogP contribution < -0.4 is 5.32 Å². The minimum absolute atomic E-state index is 0.462. The van der Waals surface area contributed by atoms with Crippen LogP contribution in [-0.2, 0) is 0 Å². The zero-order valence-corrected chi connectivity index (χ0v) is 14.3. The highest BCUT2D eigenvalue weighted by molar-refractivity contribution is 8.01. The van der Waals surface area contributed by atoms with Gasteiger partial charge < -0.3 is 5.32 Å². The predicted molar refractivity (Wildman–Crippen MR) is 94.2 cm³/mol. The van der Waals surface area contributed by atoms with Crippen molar-refractivity contribution >= 4 is 23.1 Å². The first-order valence-corrected chi connectivity index (χ1v) is 9.59. The van der Waals surface area contributed by atoms with Gasteiger partial charge in [-0.15, -0.1) is 23.1 Å². The molecule has 112 valence electrons. The molecule has 2 heterocycles. The van der Waals surface area contributed by atoms with E-state index in [-0.39, 0.29) is 0 Å². The quantitative estimate of drug-likeness (QED) is 0.747. The SMILES string of the molecule is CCCC(NC1C[C@H](C)Sc2sccc21)c1ccccc1. The van der Waals surface area contributed by atoms with E-state index < -0.39 is 0 Å². The van der Waals surface area contributed by atoms with E-state index >= 15 is 0 Å². The maximum Gasteiger partial charge on any atom is 0.0649 e. The summed E-state index contributed by atoms with van der Waals surface area (Å²) in [5.74, 6) is 0. The topological polar surface area (TPSA) is 12.0 Å². The van der Waals surface area contributed by atoms with Gasteiger partial charge in [-0.25, -0.2) is 0 Å². The molecule has 0 aliphatic carbocycles. The third kappa shape index (κ3) is 3.53. The van der Waals surface area contributed by atoms with Crippen molar-refractivity contribution in [1.29, 1.82) is 0 Å². The van der Waals surface area contributed by atoms with Gasteiger partial charge >= 0.3 is 0 Å². The van der Waals surface area contributed by atoms with Gasteiger partial charge in [0.1, 0.15) is 0 Å². The van der Waals surface area contributed by atoms with Gasteiger partial charge in [-0.1, -0.05) is 50.6 Å². The molecule has 0 saturated heterocycles. The highest BCUT2D eigenvalue weighted by Gasteiger charge is 2.28. The van der Waals surface area contributed by atoms with Crippen LogP contribution in [0.2, 0.25) is 0 Å². The number of hydrogen-bond donors (Lipinski definition) is 1. The Bertz CT molecular complexity index is 564. The van der Waals surface area contributed by atoms with Gasteiger partial charge in [0.25, 0.3) is 0 Å². The Balaban J connectivity index is 1.81. The summed E-state index contributed by atoms with van der Waals surface area (Å²) in [4.78, 5) is 0. The molecular weight excluding hydrogens is 294 g/mol. The smallest absolute Gasteiger partial charge is 0.0649 e. The van der Waals surface area contributed by atoms with Crippen LogP contribution in [0, 0.1) is 0 Å². The van der Waals surface area contributed by atoms with Gasteiger partial charge in [0, 0.05) is 17.3 Å². The van der Waals surface area contributed by atoms with Crippen molar-refractivity contribution in [3.63, 3.8) is 0 Å². The molecule has 3 atom stereocenters. The molecule has 0 bridgehead atoms. The van der Waals surface area contributed by atoms with Crippen LogP contribution >= 0.6 is 23.1 Å². The number of fused-ring (bicyclic) bond motifs is 1. The van der Waals surface area contributed by atoms with Gasteiger partial charge in [0.15, 0.2) is 0 Å². The summed E-state index contributed by atoms with van der Waals surface area (Å²) in [6.45, 7) is 4.62. The molecule has 3 heteroatoms. The lowest BCUT2D eigenvalue weighted by molar-refractivity contribution is 0.398. The largest absolute Gasteiger partial charge is 0.303 e. The second-order valence-corrected chi connectivity index (χ2v) is 8.42. The van der Waals surface area contributed by atoms with Gasteiger partial charge in [0.05, 0.1) is 4.21 Å². The molecule has 1 aromatic carbocycles. The maximum absolute atomic E-state index is 3.94. The fourth-order valence-corrected chi connectivity index (χ4v) is 5.64. The van der Waals surface area contributed by atoms with E-state index in [0.717, 1.165) is 0 Å². The summed E-state index contributed by atoms with van der Waals surface area (Å²) >= 11 is 3.93. The Labute approximate surface area is 136 Å². The summed E-state index contributed by atoms with van der Waals surface area (Å²) in [6.07, 6.45) is 3.63. The van der Waals surface area contributed by atoms with Gasteiger partial charge in [-0.3, -0.25) is 0 Å². The average Bonchev–Trinajstić information content (AvgIpc) is 2.96. The summed E-state index contributed by atoms with van der Waals surface area (Å²) in [6, 6.07) is 14.2. The van der Waals surface area contributed by atoms with Crippen molar-refractivity contribution in [1.82, 2.24) is 5.32 Å². The first-order chi connectivity index (χ1) is 10.3. The highest BCUT2D eigenvalue weighted by atomic mass is 32.2. The van der Waals surface area contributed by atoms with Crippen LogP contribution in [0.1, 0.15) is 56.3 Å². The van der Waals surface area contributed by atoms with Gasteiger partial charge in [-0.2, -0.15) is 0 Å². The molecule has 0 radical (unpaired) electrons. The van der Waals surface area contributed by atoms with Crippen LogP contribution in [-0.4, -0.2) is 5.25 Å². The van der Waals surface area contributed by atoms with E-state index in [0.29, 0.717) is 17.3 Å². The molecule has 1 aliphatic heterocycles. The molecule has 2 aromatic rings. The molecule has 0 saturated carbocycles. The third-order valence-electron chi connectivity index (χ3n) is 4.09. The molecule has 1 aliphatic rings. The molecule has 2 unspecified atom stereocenters. The molecule has 1 nitrogen and oxygen atoms in total. The van der Waals surface area contributed by atoms with Crippen LogP contribution in [0.4, 0.5) is 0 Å². The van der Waals surface area contributed by atoms with Crippen LogP contribution in [0.15, 0.2) is 46.0 Å². The Morgan fingerprint density at radius 3 is 2.81 bits per heavy atom. The lowest BCUT2D eigenvalue weighted by Gasteiger charge is -2.31. The number of hydrogen-bond acceptors (Lipinski definition) is 3. The fraction of sp³-hybridized carbons (Fsp3) is 0.444. The second kappa shape index (κ2) is 6.99. The summed E-state index contributed by atoms with van der Waals surface area (Å²) in [7, 11) is 0. The Morgan fingerprint density at radius 1 is 1.24 bits per heavy atom. The molecule has 0 fully saturated rings. The van der Waals surface area contributed by atoms with E-state index in [2.05, 4.69) is 60.9 Å². The Morgan fingerprint density at radius 2 is 2.05 bits per heavy atom. The van der Waals surface area contributed by atoms with Crippen LogP contribution in [0.5, 0.6) is 0 Å². The van der Waals surface area contributed by atoms with E-state index in [9.17, 15) is 0 Å². The van der Waals surface area contributed by atoms with Gasteiger partial charge in [-0.05, 0) is 35.4 Å². The lowest BCUT2D eigenvalue weighted by Crippen LogP contribution is -2.30. The molecule has 1 N–H and O–H groups in total. The van der Waals surface area contributed by atoms with E-state index in [1.54, 1.807) is 0 Å². The standard InChI is InChI=1S/C18H23NS2/c1-3-7-16(14-8-5-4-6-9-14)19-17-12-13(2)21-18-15(17)10-11-20-18/h4-6,8-11,13,16-17,19H,3,7,12H2,1-2H3/t13-,16?,17?/m0/s1. The maximum atomic E-state index is 3.94. The normalized spacial score (nSPS) is 22.8. The third-order valence-corrected chi connectivity index (χ3v) is 6.44. The van der Waals surface area contributed by atoms with Crippen molar-refractivity contribution in [3.8, 4) is 0 Å². The number of thioether (sulfide) groups is 1. The lowest BCUT2D eigenvalue weighted by atomic mass is 9.98. The summed E-state index contributed by atoms with van der Waals surface area (Å²) in [5.41, 5.74) is 2.93. The number of thiophene rings is 1. The Kier molecular flexibility index (Phi) is 5.04. The molecular formula is C18H23NS2. The van der Waals surface area contributed by atoms with E-state index in [1.807, 2.05) is 23.1 Å². The van der Waals surface area contributed by atoms with Gasteiger partial charge in [0.2, 0.25) is 0 Å². The number of benzene rings is 1. The zero-order chi connectivity index (χ0) is 14.7.